The van der Waals surface area contributed by atoms with Gasteiger partial charge in [-0.25, -0.2) is 4.79 Å². The first-order valence-corrected chi connectivity index (χ1v) is 10.8. The summed E-state index contributed by atoms with van der Waals surface area (Å²) in [6, 6.07) is 34.5. The Bertz CT molecular complexity index is 1230. The fourth-order valence-electron chi connectivity index (χ4n) is 3.65. The van der Waals surface area contributed by atoms with Crippen molar-refractivity contribution in [2.45, 2.75) is 12.3 Å². The molecule has 0 aliphatic rings. The third-order valence-corrected chi connectivity index (χ3v) is 5.37. The monoisotopic (exact) mass is 450 g/mol. The molecule has 168 valence electrons. The minimum atomic E-state index is -0.623. The zero-order valence-corrected chi connectivity index (χ0v) is 18.3. The maximum absolute atomic E-state index is 13.2. The zero-order valence-electron chi connectivity index (χ0n) is 18.3. The summed E-state index contributed by atoms with van der Waals surface area (Å²) in [7, 11) is 0. The lowest BCUT2D eigenvalue weighted by Gasteiger charge is -2.15. The van der Waals surface area contributed by atoms with Crippen LogP contribution in [0.1, 0.15) is 28.2 Å². The fourth-order valence-corrected chi connectivity index (χ4v) is 3.65. The average Bonchev–Trinajstić information content (AvgIpc) is 2.89. The minimum Gasteiger partial charge on any atom is -0.317 e. The van der Waals surface area contributed by atoms with Crippen LogP contribution in [0.2, 0.25) is 0 Å². The molecule has 0 atom stereocenters. The molecule has 0 fully saturated rings. The molecular formula is C28H22N2O4. The predicted octanol–water partition coefficient (Wildman–Crippen LogP) is 5.92. The van der Waals surface area contributed by atoms with Crippen molar-refractivity contribution in [3.05, 3.63) is 148 Å². The molecule has 0 aromatic heterocycles. The topological polar surface area (TPSA) is 81.8 Å². The first kappa shape index (κ1) is 22.6. The summed E-state index contributed by atoms with van der Waals surface area (Å²) in [5.41, 5.74) is 3.79. The second-order valence-corrected chi connectivity index (χ2v) is 7.67. The van der Waals surface area contributed by atoms with Crippen LogP contribution in [-0.2, 0) is 16.1 Å². The first-order valence-electron chi connectivity index (χ1n) is 10.8. The van der Waals surface area contributed by atoms with Gasteiger partial charge in [0.1, 0.15) is 5.92 Å². The molecule has 0 N–H and O–H groups in total. The number of carbonyl (C=O) groups excluding carboxylic acids is 1. The molecule has 0 saturated heterocycles. The fraction of sp³-hybridized carbons (Fsp3) is 0.0714. The van der Waals surface area contributed by atoms with Gasteiger partial charge in [0.2, 0.25) is 0 Å². The molecule has 4 rings (SSSR count). The van der Waals surface area contributed by atoms with Crippen LogP contribution in [0.25, 0.3) is 0 Å². The van der Waals surface area contributed by atoms with Crippen molar-refractivity contribution in [2.75, 3.05) is 0 Å². The third-order valence-electron chi connectivity index (χ3n) is 5.37. The van der Waals surface area contributed by atoms with Crippen LogP contribution in [0.5, 0.6) is 0 Å². The van der Waals surface area contributed by atoms with Crippen LogP contribution in [0, 0.1) is 10.1 Å². The van der Waals surface area contributed by atoms with Gasteiger partial charge < -0.3 is 4.84 Å². The van der Waals surface area contributed by atoms with Crippen molar-refractivity contribution < 1.29 is 14.6 Å². The lowest BCUT2D eigenvalue weighted by atomic mass is 9.91. The lowest BCUT2D eigenvalue weighted by molar-refractivity contribution is -0.384. The highest BCUT2D eigenvalue weighted by Crippen LogP contribution is 2.26. The second kappa shape index (κ2) is 10.8. The first-order chi connectivity index (χ1) is 16.6. The SMILES string of the molecule is O=C(O/N=C(\Cc1ccc([N+](=O)[O-])cc1)c1ccccc1)C(c1ccccc1)c1ccccc1. The molecular weight excluding hydrogens is 428 g/mol. The van der Waals surface area contributed by atoms with Gasteiger partial charge in [0.25, 0.3) is 5.69 Å². The number of hydrogen-bond acceptors (Lipinski definition) is 5. The zero-order chi connectivity index (χ0) is 23.8. The van der Waals surface area contributed by atoms with E-state index in [0.717, 1.165) is 22.3 Å². The molecule has 0 saturated carbocycles. The van der Waals surface area contributed by atoms with Crippen LogP contribution >= 0.6 is 0 Å². The van der Waals surface area contributed by atoms with E-state index in [-0.39, 0.29) is 5.69 Å². The molecule has 4 aromatic rings. The Morgan fingerprint density at radius 2 is 1.26 bits per heavy atom. The van der Waals surface area contributed by atoms with Crippen molar-refractivity contribution in [1.29, 1.82) is 0 Å². The molecule has 0 heterocycles. The van der Waals surface area contributed by atoms with E-state index in [1.54, 1.807) is 12.1 Å². The van der Waals surface area contributed by atoms with Gasteiger partial charge in [0.05, 0.1) is 10.6 Å². The number of nitrogens with zero attached hydrogens (tertiary/aromatic N) is 2. The molecule has 0 spiro atoms. The van der Waals surface area contributed by atoms with Gasteiger partial charge >= 0.3 is 5.97 Å². The Morgan fingerprint density at radius 1 is 0.765 bits per heavy atom. The summed E-state index contributed by atoms with van der Waals surface area (Å²) in [4.78, 5) is 29.3. The van der Waals surface area contributed by atoms with Gasteiger partial charge in [-0.15, -0.1) is 0 Å². The van der Waals surface area contributed by atoms with E-state index < -0.39 is 16.8 Å². The highest BCUT2D eigenvalue weighted by atomic mass is 16.7. The van der Waals surface area contributed by atoms with Crippen LogP contribution in [0.4, 0.5) is 5.69 Å². The van der Waals surface area contributed by atoms with Gasteiger partial charge in [-0.3, -0.25) is 10.1 Å². The highest BCUT2D eigenvalue weighted by Gasteiger charge is 2.25. The number of nitro groups is 1. The molecule has 34 heavy (non-hydrogen) atoms. The summed E-state index contributed by atoms with van der Waals surface area (Å²) in [5, 5.41) is 15.2. The van der Waals surface area contributed by atoms with E-state index in [1.165, 1.54) is 12.1 Å². The molecule has 0 radical (unpaired) electrons. The number of hydrogen-bond donors (Lipinski definition) is 0. The van der Waals surface area contributed by atoms with E-state index in [1.807, 2.05) is 91.0 Å². The Kier molecular flexibility index (Phi) is 7.20. The van der Waals surface area contributed by atoms with Crippen LogP contribution < -0.4 is 0 Å². The van der Waals surface area contributed by atoms with Gasteiger partial charge in [-0.1, -0.05) is 108 Å². The number of rotatable bonds is 8. The van der Waals surface area contributed by atoms with Crippen LogP contribution in [-0.4, -0.2) is 16.6 Å². The molecule has 0 amide bonds. The molecule has 0 unspecified atom stereocenters. The normalized spacial score (nSPS) is 11.3. The largest absolute Gasteiger partial charge is 0.346 e. The van der Waals surface area contributed by atoms with Gasteiger partial charge in [-0.05, 0) is 22.3 Å². The number of nitro benzene ring substituents is 1. The Hall–Kier alpha value is -4.58. The van der Waals surface area contributed by atoms with Crippen molar-refractivity contribution in [1.82, 2.24) is 0 Å². The summed E-state index contributed by atoms with van der Waals surface area (Å²) in [6.07, 6.45) is 0.344. The number of carbonyl (C=O) groups is 1. The second-order valence-electron chi connectivity index (χ2n) is 7.67. The Morgan fingerprint density at radius 3 is 1.76 bits per heavy atom. The van der Waals surface area contributed by atoms with Crippen molar-refractivity contribution in [2.24, 2.45) is 5.16 Å². The Balaban J connectivity index is 1.63. The van der Waals surface area contributed by atoms with Crippen molar-refractivity contribution >= 4 is 17.4 Å². The average molecular weight is 450 g/mol. The van der Waals surface area contributed by atoms with Gasteiger partial charge in [0, 0.05) is 18.6 Å². The van der Waals surface area contributed by atoms with Gasteiger partial charge in [0.15, 0.2) is 0 Å². The standard InChI is InChI=1S/C28H22N2O4/c31-28(27(23-12-6-2-7-13-23)24-14-8-3-9-15-24)34-29-26(22-10-4-1-5-11-22)20-21-16-18-25(19-17-21)30(32)33/h1-19,27H,20H2/b29-26+. The highest BCUT2D eigenvalue weighted by molar-refractivity contribution is 6.02. The Labute approximate surface area is 197 Å². The molecule has 0 bridgehead atoms. The van der Waals surface area contributed by atoms with Crippen molar-refractivity contribution in [3.8, 4) is 0 Å². The van der Waals surface area contributed by atoms with E-state index >= 15 is 0 Å². The quantitative estimate of drug-likeness (QED) is 0.144. The lowest BCUT2D eigenvalue weighted by Crippen LogP contribution is -2.17. The van der Waals surface area contributed by atoms with Crippen LogP contribution in [0.3, 0.4) is 0 Å². The maximum Gasteiger partial charge on any atom is 0.346 e. The number of benzene rings is 4. The molecule has 6 nitrogen and oxygen atoms in total. The smallest absolute Gasteiger partial charge is 0.317 e. The molecule has 0 aliphatic heterocycles. The van der Waals surface area contributed by atoms with Crippen LogP contribution in [0.15, 0.2) is 120 Å². The van der Waals surface area contributed by atoms with Crippen molar-refractivity contribution in [3.63, 3.8) is 0 Å². The van der Waals surface area contributed by atoms with Gasteiger partial charge in [-0.2, -0.15) is 0 Å². The summed E-state index contributed by atoms with van der Waals surface area (Å²) in [6.45, 7) is 0. The predicted molar refractivity (Wildman–Crippen MR) is 131 cm³/mol. The summed E-state index contributed by atoms with van der Waals surface area (Å²) >= 11 is 0. The van der Waals surface area contributed by atoms with E-state index in [9.17, 15) is 14.9 Å². The maximum atomic E-state index is 13.2. The van der Waals surface area contributed by atoms with E-state index in [0.29, 0.717) is 12.1 Å². The number of non-ortho nitro benzene ring substituents is 1. The molecule has 0 aliphatic carbocycles. The van der Waals surface area contributed by atoms with E-state index in [2.05, 4.69) is 5.16 Å². The third kappa shape index (κ3) is 5.61. The minimum absolute atomic E-state index is 0.0157. The molecule has 4 aromatic carbocycles. The number of oxime groups is 1. The van der Waals surface area contributed by atoms with E-state index in [4.69, 9.17) is 4.84 Å². The molecule has 6 heteroatoms. The summed E-state index contributed by atoms with van der Waals surface area (Å²) < 4.78 is 0. The summed E-state index contributed by atoms with van der Waals surface area (Å²) in [5.74, 6) is -1.11.